The summed E-state index contributed by atoms with van der Waals surface area (Å²) in [6.45, 7) is 7.18. The molecule has 19 heteroatoms. The van der Waals surface area contributed by atoms with Crippen LogP contribution in [0.2, 0.25) is 0 Å². The molecule has 0 aliphatic carbocycles. The van der Waals surface area contributed by atoms with Gasteiger partial charge >= 0.3 is 39.5 Å². The van der Waals surface area contributed by atoms with E-state index in [2.05, 4.69) is 58.9 Å². The summed E-state index contributed by atoms with van der Waals surface area (Å²) in [5.41, 5.74) is 0. The molecule has 0 amide bonds. The maximum atomic E-state index is 13.1. The number of aliphatic hydroxyl groups is 1. The first-order valence-corrected chi connectivity index (χ1v) is 42.4. The molecule has 17 nitrogen and oxygen atoms in total. The number of hydrogen-bond donors (Lipinski definition) is 3. The van der Waals surface area contributed by atoms with Gasteiger partial charge in [-0.3, -0.25) is 37.3 Å². The van der Waals surface area contributed by atoms with Gasteiger partial charge in [-0.1, -0.05) is 329 Å². The molecule has 0 aromatic carbocycles. The molecule has 0 aromatic rings. The lowest BCUT2D eigenvalue weighted by molar-refractivity contribution is -0.161. The predicted molar refractivity (Wildman–Crippen MR) is 391 cm³/mol. The Morgan fingerprint density at radius 3 is 0.854 bits per heavy atom. The van der Waals surface area contributed by atoms with E-state index in [-0.39, 0.29) is 25.7 Å². The van der Waals surface area contributed by atoms with E-state index in [1.54, 1.807) is 0 Å². The Labute approximate surface area is 586 Å². The maximum Gasteiger partial charge on any atom is 0.472 e. The molecule has 0 aliphatic rings. The van der Waals surface area contributed by atoms with Gasteiger partial charge in [-0.25, -0.2) is 9.13 Å². The molecule has 2 unspecified atom stereocenters. The number of phosphoric ester groups is 2. The van der Waals surface area contributed by atoms with Crippen molar-refractivity contribution < 1.29 is 80.2 Å². The Hall–Kier alpha value is -2.46. The third-order valence-corrected chi connectivity index (χ3v) is 19.3. The normalized spacial score (nSPS) is 14.1. The second-order valence-electron chi connectivity index (χ2n) is 27.5. The molecule has 0 spiro atoms. The van der Waals surface area contributed by atoms with Gasteiger partial charge in [0.25, 0.3) is 0 Å². The zero-order valence-corrected chi connectivity index (χ0v) is 63.8. The quantitative estimate of drug-likeness (QED) is 0.0169. The maximum absolute atomic E-state index is 13.1. The van der Waals surface area contributed by atoms with Gasteiger partial charge in [0.05, 0.1) is 26.4 Å². The summed E-state index contributed by atoms with van der Waals surface area (Å²) in [6.07, 6.45) is 62.0. The summed E-state index contributed by atoms with van der Waals surface area (Å²) in [5.74, 6) is -1.43. The number of carbonyl (C=O) groups is 4. The number of ether oxygens (including phenoxy) is 4. The van der Waals surface area contributed by atoms with Crippen LogP contribution in [0.1, 0.15) is 381 Å². The number of hydrogen-bond acceptors (Lipinski definition) is 15. The lowest BCUT2D eigenvalue weighted by Crippen LogP contribution is -2.30. The van der Waals surface area contributed by atoms with Crippen molar-refractivity contribution in [3.05, 3.63) is 24.3 Å². The van der Waals surface area contributed by atoms with Crippen molar-refractivity contribution in [1.29, 1.82) is 0 Å². The average molecular weight is 1410 g/mol. The first kappa shape index (κ1) is 93.5. The molecule has 0 saturated carbocycles. The zero-order chi connectivity index (χ0) is 70.5. The number of unbranched alkanes of at least 4 members (excludes halogenated alkanes) is 44. The Bertz CT molecular complexity index is 1930. The molecule has 0 aliphatic heterocycles. The van der Waals surface area contributed by atoms with Crippen molar-refractivity contribution >= 4 is 39.5 Å². The van der Waals surface area contributed by atoms with Crippen LogP contribution in [-0.2, 0) is 65.4 Å². The van der Waals surface area contributed by atoms with Gasteiger partial charge < -0.3 is 33.8 Å². The molecule has 0 saturated heterocycles. The number of allylic oxidation sites excluding steroid dienone is 4. The number of esters is 4. The molecule has 5 atom stereocenters. The second kappa shape index (κ2) is 69.6. The number of carbonyl (C=O) groups excluding carboxylic acids is 4. The van der Waals surface area contributed by atoms with E-state index in [9.17, 15) is 43.2 Å². The van der Waals surface area contributed by atoms with E-state index < -0.39 is 97.5 Å². The topological polar surface area (TPSA) is 237 Å². The SMILES string of the molecule is CCCCCC/C=C\C=C/CCCCCCCC(=O)OC[C@H](COP(=O)(O)OC[C@@H](O)COP(=O)(O)OC[C@@H](COC(=O)CCCCCCCCCCCC)OC(=O)CCCCCCCCCCC(C)C)OC(=O)CCCCCCCCCCCCCCCCCCCCCC. The molecule has 0 rings (SSSR count). The fraction of sp³-hybridized carbons (Fsp3) is 0.896. The summed E-state index contributed by atoms with van der Waals surface area (Å²) in [6, 6.07) is 0. The Morgan fingerprint density at radius 1 is 0.323 bits per heavy atom. The molecule has 3 N–H and O–H groups in total. The molecule has 566 valence electrons. The molecule has 0 heterocycles. The van der Waals surface area contributed by atoms with E-state index >= 15 is 0 Å². The van der Waals surface area contributed by atoms with Crippen molar-refractivity contribution in [2.45, 2.75) is 400 Å². The summed E-state index contributed by atoms with van der Waals surface area (Å²) in [4.78, 5) is 72.8. The fourth-order valence-corrected chi connectivity index (χ4v) is 12.9. The highest BCUT2D eigenvalue weighted by Gasteiger charge is 2.30. The van der Waals surface area contributed by atoms with Crippen LogP contribution in [0.3, 0.4) is 0 Å². The summed E-state index contributed by atoms with van der Waals surface area (Å²) in [7, 11) is -9.92. The van der Waals surface area contributed by atoms with Crippen LogP contribution < -0.4 is 0 Å². The highest BCUT2D eigenvalue weighted by molar-refractivity contribution is 7.47. The lowest BCUT2D eigenvalue weighted by atomic mass is 10.0. The van der Waals surface area contributed by atoms with Gasteiger partial charge in [0, 0.05) is 25.7 Å². The van der Waals surface area contributed by atoms with Gasteiger partial charge in [0.15, 0.2) is 12.2 Å². The van der Waals surface area contributed by atoms with Crippen molar-refractivity contribution in [3.8, 4) is 0 Å². The number of phosphoric acid groups is 2. The first-order valence-electron chi connectivity index (χ1n) is 39.5. The molecule has 0 bridgehead atoms. The average Bonchev–Trinajstić information content (AvgIpc) is 1.13. The van der Waals surface area contributed by atoms with Crippen molar-refractivity contribution in [2.24, 2.45) is 5.92 Å². The third-order valence-electron chi connectivity index (χ3n) is 17.4. The van der Waals surface area contributed by atoms with Gasteiger partial charge in [0.2, 0.25) is 0 Å². The summed E-state index contributed by atoms with van der Waals surface area (Å²) in [5, 5.41) is 10.6. The van der Waals surface area contributed by atoms with Crippen LogP contribution in [-0.4, -0.2) is 96.7 Å². The van der Waals surface area contributed by atoms with Crippen LogP contribution in [0.5, 0.6) is 0 Å². The van der Waals surface area contributed by atoms with Crippen LogP contribution in [0, 0.1) is 5.92 Å². The van der Waals surface area contributed by atoms with Gasteiger partial charge in [-0.2, -0.15) is 0 Å². The van der Waals surface area contributed by atoms with E-state index in [1.807, 2.05) is 0 Å². The number of aliphatic hydroxyl groups excluding tert-OH is 1. The molecule has 0 fully saturated rings. The van der Waals surface area contributed by atoms with Crippen molar-refractivity contribution in [3.63, 3.8) is 0 Å². The summed E-state index contributed by atoms with van der Waals surface area (Å²) >= 11 is 0. The van der Waals surface area contributed by atoms with Crippen LogP contribution in [0.4, 0.5) is 0 Å². The fourth-order valence-electron chi connectivity index (χ4n) is 11.3. The molecular formula is C77H146O17P2. The molecule has 0 radical (unpaired) electrons. The van der Waals surface area contributed by atoms with E-state index in [0.717, 1.165) is 109 Å². The number of rotatable bonds is 75. The van der Waals surface area contributed by atoms with Crippen LogP contribution in [0.15, 0.2) is 24.3 Å². The van der Waals surface area contributed by atoms with E-state index in [0.29, 0.717) is 31.6 Å². The van der Waals surface area contributed by atoms with E-state index in [4.69, 9.17) is 37.0 Å². The Balaban J connectivity index is 5.24. The third kappa shape index (κ3) is 70.0. The van der Waals surface area contributed by atoms with Gasteiger partial charge in [0.1, 0.15) is 19.3 Å². The largest absolute Gasteiger partial charge is 0.472 e. The minimum atomic E-state index is -4.96. The minimum Gasteiger partial charge on any atom is -0.462 e. The minimum absolute atomic E-state index is 0.102. The van der Waals surface area contributed by atoms with Crippen molar-refractivity contribution in [2.75, 3.05) is 39.6 Å². The monoisotopic (exact) mass is 1410 g/mol. The van der Waals surface area contributed by atoms with Gasteiger partial charge in [-0.05, 0) is 57.3 Å². The molecule has 96 heavy (non-hydrogen) atoms. The standard InChI is InChI=1S/C77H146O17P2/c1-6-9-12-15-18-21-24-26-28-29-30-31-32-34-36-38-41-47-52-57-62-76(81)93-72(66-88-75(80)61-56-51-46-40-37-35-33-27-25-22-19-16-13-10-7-2)68-91-95(83,84)89-64-71(78)65-90-96(85,86)92-69-73(67-87-74(79)60-55-50-45-39-23-20-17-14-11-8-3)94-77(82)63-58-53-48-43-42-44-49-54-59-70(4)5/h22,25,27,33,70-73,78H,6-21,23-24,26,28-32,34-69H2,1-5H3,(H,83,84)(H,85,86)/b25-22-,33-27-/t71-,72-,73-/m1/s1. The Morgan fingerprint density at radius 2 is 0.562 bits per heavy atom. The zero-order valence-electron chi connectivity index (χ0n) is 62.0. The highest BCUT2D eigenvalue weighted by Crippen LogP contribution is 2.45. The first-order chi connectivity index (χ1) is 46.5. The van der Waals surface area contributed by atoms with E-state index in [1.165, 1.54) is 186 Å². The second-order valence-corrected chi connectivity index (χ2v) is 30.4. The molecule has 0 aromatic heterocycles. The van der Waals surface area contributed by atoms with Crippen LogP contribution >= 0.6 is 15.6 Å². The Kier molecular flexibility index (Phi) is 67.8. The van der Waals surface area contributed by atoms with Gasteiger partial charge in [-0.15, -0.1) is 0 Å². The lowest BCUT2D eigenvalue weighted by Gasteiger charge is -2.21. The predicted octanol–water partition coefficient (Wildman–Crippen LogP) is 22.4. The van der Waals surface area contributed by atoms with Crippen molar-refractivity contribution in [1.82, 2.24) is 0 Å². The van der Waals surface area contributed by atoms with Crippen LogP contribution in [0.25, 0.3) is 0 Å². The molecular weight excluding hydrogens is 1260 g/mol. The smallest absolute Gasteiger partial charge is 0.462 e. The highest BCUT2D eigenvalue weighted by atomic mass is 31.2. The summed E-state index contributed by atoms with van der Waals surface area (Å²) < 4.78 is 68.5.